The number of hydrogen-bond donors (Lipinski definition) is 1. The minimum Gasteiger partial charge on any atom is -0.381 e. The van der Waals surface area contributed by atoms with Crippen LogP contribution in [0.5, 0.6) is 0 Å². The smallest absolute Gasteiger partial charge is 0.223 e. The van der Waals surface area contributed by atoms with Crippen molar-refractivity contribution in [3.05, 3.63) is 35.6 Å². The molecule has 2 heterocycles. The van der Waals surface area contributed by atoms with Crippen molar-refractivity contribution in [3.63, 3.8) is 0 Å². The lowest BCUT2D eigenvalue weighted by Crippen LogP contribution is -2.51. The summed E-state index contributed by atoms with van der Waals surface area (Å²) in [5.74, 6) is 0.0284. The van der Waals surface area contributed by atoms with E-state index >= 15 is 0 Å². The standard InChI is InChI=1S/C19H24FNO3/c20-14-3-1-2-13(10-14)16-11-17(16)18(22)21-15-4-7-24-19(12-15)5-8-23-9-6-19/h1-3,10,15-17H,4-9,11-12H2,(H,21,22)/t15-,16+,17-/m1/s1. The quantitative estimate of drug-likeness (QED) is 0.925. The van der Waals surface area contributed by atoms with Crippen molar-refractivity contribution in [1.82, 2.24) is 5.32 Å². The zero-order chi connectivity index (χ0) is 16.6. The molecule has 1 saturated carbocycles. The average Bonchev–Trinajstić information content (AvgIpc) is 3.36. The molecular formula is C19H24FNO3. The van der Waals surface area contributed by atoms with Gasteiger partial charge in [-0.05, 0) is 55.7 Å². The molecule has 24 heavy (non-hydrogen) atoms. The molecule has 1 aromatic carbocycles. The van der Waals surface area contributed by atoms with Crippen molar-refractivity contribution in [1.29, 1.82) is 0 Å². The van der Waals surface area contributed by atoms with Gasteiger partial charge in [0.25, 0.3) is 0 Å². The van der Waals surface area contributed by atoms with E-state index in [4.69, 9.17) is 9.47 Å². The highest BCUT2D eigenvalue weighted by molar-refractivity contribution is 5.83. The van der Waals surface area contributed by atoms with Crippen LogP contribution in [0.2, 0.25) is 0 Å². The first-order valence-corrected chi connectivity index (χ1v) is 8.93. The molecule has 130 valence electrons. The van der Waals surface area contributed by atoms with Crippen molar-refractivity contribution < 1.29 is 18.7 Å². The summed E-state index contributed by atoms with van der Waals surface area (Å²) >= 11 is 0. The van der Waals surface area contributed by atoms with Crippen LogP contribution in [0, 0.1) is 11.7 Å². The molecule has 1 spiro atoms. The van der Waals surface area contributed by atoms with Gasteiger partial charge in [-0.25, -0.2) is 4.39 Å². The largest absolute Gasteiger partial charge is 0.381 e. The van der Waals surface area contributed by atoms with Crippen LogP contribution in [0.1, 0.15) is 43.6 Å². The van der Waals surface area contributed by atoms with E-state index in [0.29, 0.717) is 6.61 Å². The van der Waals surface area contributed by atoms with Crippen molar-refractivity contribution in [3.8, 4) is 0 Å². The van der Waals surface area contributed by atoms with Crippen LogP contribution >= 0.6 is 0 Å². The summed E-state index contributed by atoms with van der Waals surface area (Å²) in [5.41, 5.74) is 0.822. The average molecular weight is 333 g/mol. The first-order chi connectivity index (χ1) is 11.7. The number of carbonyl (C=O) groups is 1. The highest BCUT2D eigenvalue weighted by atomic mass is 19.1. The van der Waals surface area contributed by atoms with Gasteiger partial charge in [0.05, 0.1) is 5.60 Å². The maximum Gasteiger partial charge on any atom is 0.223 e. The fourth-order valence-corrected chi connectivity index (χ4v) is 4.14. The van der Waals surface area contributed by atoms with Crippen molar-refractivity contribution in [2.24, 2.45) is 5.92 Å². The lowest BCUT2D eigenvalue weighted by molar-refractivity contribution is -0.144. The predicted molar refractivity (Wildman–Crippen MR) is 87.1 cm³/mol. The van der Waals surface area contributed by atoms with E-state index in [1.807, 2.05) is 6.07 Å². The van der Waals surface area contributed by atoms with E-state index in [0.717, 1.165) is 50.9 Å². The zero-order valence-corrected chi connectivity index (χ0v) is 13.8. The van der Waals surface area contributed by atoms with Gasteiger partial charge >= 0.3 is 0 Å². The molecule has 0 bridgehead atoms. The summed E-state index contributed by atoms with van der Waals surface area (Å²) in [6.45, 7) is 2.18. The lowest BCUT2D eigenvalue weighted by Gasteiger charge is -2.43. The van der Waals surface area contributed by atoms with Gasteiger partial charge in [-0.2, -0.15) is 0 Å². The minimum absolute atomic E-state index is 0.0136. The monoisotopic (exact) mass is 333 g/mol. The normalized spacial score (nSPS) is 31.6. The van der Waals surface area contributed by atoms with Gasteiger partial charge in [-0.3, -0.25) is 4.79 Å². The number of carbonyl (C=O) groups excluding carboxylic acids is 1. The summed E-state index contributed by atoms with van der Waals surface area (Å²) in [4.78, 5) is 12.5. The number of hydrogen-bond acceptors (Lipinski definition) is 3. The van der Waals surface area contributed by atoms with Gasteiger partial charge in [0.2, 0.25) is 5.91 Å². The Bertz CT molecular complexity index is 609. The van der Waals surface area contributed by atoms with Crippen molar-refractivity contribution in [2.45, 2.75) is 49.7 Å². The third-order valence-electron chi connectivity index (χ3n) is 5.65. The molecule has 4 rings (SSSR count). The maximum atomic E-state index is 13.3. The third-order valence-corrected chi connectivity index (χ3v) is 5.65. The molecule has 0 radical (unpaired) electrons. The Morgan fingerprint density at radius 2 is 2.08 bits per heavy atom. The number of rotatable bonds is 3. The highest BCUT2D eigenvalue weighted by Crippen LogP contribution is 2.48. The van der Waals surface area contributed by atoms with Gasteiger partial charge < -0.3 is 14.8 Å². The molecule has 1 N–H and O–H groups in total. The van der Waals surface area contributed by atoms with Gasteiger partial charge in [0.1, 0.15) is 5.82 Å². The van der Waals surface area contributed by atoms with E-state index in [9.17, 15) is 9.18 Å². The predicted octanol–water partition coefficient (Wildman–Crippen LogP) is 2.77. The number of ether oxygens (including phenoxy) is 2. The maximum absolute atomic E-state index is 13.3. The summed E-state index contributed by atoms with van der Waals surface area (Å²) in [5, 5.41) is 3.21. The Hall–Kier alpha value is -1.46. The van der Waals surface area contributed by atoms with Crippen LogP contribution in [0.4, 0.5) is 4.39 Å². The molecule has 4 nitrogen and oxygen atoms in total. The Labute approximate surface area is 141 Å². The second kappa shape index (κ2) is 6.45. The van der Waals surface area contributed by atoms with E-state index in [1.165, 1.54) is 6.07 Å². The second-order valence-electron chi connectivity index (χ2n) is 7.35. The molecule has 2 saturated heterocycles. The highest BCUT2D eigenvalue weighted by Gasteiger charge is 2.46. The molecule has 1 aliphatic carbocycles. The zero-order valence-electron chi connectivity index (χ0n) is 13.8. The number of nitrogens with one attached hydrogen (secondary N) is 1. The first-order valence-electron chi connectivity index (χ1n) is 8.93. The summed E-state index contributed by atoms with van der Waals surface area (Å²) in [7, 11) is 0. The summed E-state index contributed by atoms with van der Waals surface area (Å²) in [6, 6.07) is 6.79. The fraction of sp³-hybridized carbons (Fsp3) is 0.632. The number of halogens is 1. The van der Waals surface area contributed by atoms with E-state index in [1.54, 1.807) is 12.1 Å². The van der Waals surface area contributed by atoms with Gasteiger partial charge in [0, 0.05) is 31.8 Å². The molecule has 5 heteroatoms. The first kappa shape index (κ1) is 16.0. The van der Waals surface area contributed by atoms with Crippen LogP contribution in [-0.4, -0.2) is 37.4 Å². The van der Waals surface area contributed by atoms with E-state index in [-0.39, 0.29) is 35.2 Å². The van der Waals surface area contributed by atoms with Crippen LogP contribution in [-0.2, 0) is 14.3 Å². The Kier molecular flexibility index (Phi) is 4.31. The van der Waals surface area contributed by atoms with Gasteiger partial charge in [-0.1, -0.05) is 12.1 Å². The molecule has 2 aliphatic heterocycles. The van der Waals surface area contributed by atoms with Gasteiger partial charge in [-0.15, -0.1) is 0 Å². The van der Waals surface area contributed by atoms with Gasteiger partial charge in [0.15, 0.2) is 0 Å². The van der Waals surface area contributed by atoms with Crippen LogP contribution < -0.4 is 5.32 Å². The molecule has 1 aromatic rings. The second-order valence-corrected chi connectivity index (χ2v) is 7.35. The fourth-order valence-electron chi connectivity index (χ4n) is 4.14. The Balaban J connectivity index is 1.33. The molecule has 1 amide bonds. The van der Waals surface area contributed by atoms with E-state index < -0.39 is 0 Å². The number of benzene rings is 1. The third kappa shape index (κ3) is 3.33. The summed E-state index contributed by atoms with van der Waals surface area (Å²) in [6.07, 6.45) is 4.38. The van der Waals surface area contributed by atoms with Crippen LogP contribution in [0.3, 0.4) is 0 Å². The molecule has 3 atom stereocenters. The van der Waals surface area contributed by atoms with Crippen LogP contribution in [0.15, 0.2) is 24.3 Å². The van der Waals surface area contributed by atoms with E-state index in [2.05, 4.69) is 5.32 Å². The molecule has 3 aliphatic rings. The molecule has 0 aromatic heterocycles. The van der Waals surface area contributed by atoms with Crippen molar-refractivity contribution >= 4 is 5.91 Å². The topological polar surface area (TPSA) is 47.6 Å². The Morgan fingerprint density at radius 1 is 1.25 bits per heavy atom. The Morgan fingerprint density at radius 3 is 2.88 bits per heavy atom. The molecule has 3 fully saturated rings. The van der Waals surface area contributed by atoms with Crippen LogP contribution in [0.25, 0.3) is 0 Å². The molecule has 0 unspecified atom stereocenters. The van der Waals surface area contributed by atoms with Crippen molar-refractivity contribution in [2.75, 3.05) is 19.8 Å². The number of amides is 1. The summed E-state index contributed by atoms with van der Waals surface area (Å²) < 4.78 is 24.8. The molecular weight excluding hydrogens is 309 g/mol. The SMILES string of the molecule is O=C(N[C@@H]1CCOC2(CCOCC2)C1)[C@@H]1C[C@H]1c1cccc(F)c1. The minimum atomic E-state index is -0.232. The lowest BCUT2D eigenvalue weighted by atomic mass is 9.84.